The fourth-order valence-electron chi connectivity index (χ4n) is 3.10. The van der Waals surface area contributed by atoms with Crippen molar-refractivity contribution < 1.29 is 0 Å². The Morgan fingerprint density at radius 3 is 2.45 bits per heavy atom. The van der Waals surface area contributed by atoms with E-state index in [0.29, 0.717) is 0 Å². The van der Waals surface area contributed by atoms with E-state index in [2.05, 4.69) is 48.2 Å². The van der Waals surface area contributed by atoms with Crippen molar-refractivity contribution in [3.05, 3.63) is 35.9 Å². The highest BCUT2D eigenvalue weighted by molar-refractivity contribution is 5.18. The molecule has 20 heavy (non-hydrogen) atoms. The lowest BCUT2D eigenvalue weighted by Crippen LogP contribution is -2.38. The summed E-state index contributed by atoms with van der Waals surface area (Å²) in [6, 6.07) is 10.6. The number of hydrogen-bond acceptors (Lipinski definition) is 3. The minimum absolute atomic E-state index is 0.177. The van der Waals surface area contributed by atoms with Gasteiger partial charge in [0, 0.05) is 12.6 Å². The maximum atomic E-state index is 6.27. The molecule has 1 heterocycles. The Bertz CT molecular complexity index is 369. The topological polar surface area (TPSA) is 32.5 Å². The molecule has 1 aromatic carbocycles. The molecule has 1 fully saturated rings. The van der Waals surface area contributed by atoms with E-state index in [-0.39, 0.29) is 6.04 Å². The molecule has 0 aliphatic carbocycles. The lowest BCUT2D eigenvalue weighted by molar-refractivity contribution is 0.159. The molecular weight excluding hydrogens is 246 g/mol. The van der Waals surface area contributed by atoms with E-state index >= 15 is 0 Å². The smallest absolute Gasteiger partial charge is 0.0307 e. The van der Waals surface area contributed by atoms with E-state index in [4.69, 9.17) is 5.73 Å². The van der Waals surface area contributed by atoms with Crippen LogP contribution in [0.2, 0.25) is 0 Å². The normalized spacial score (nSPS) is 19.4. The van der Waals surface area contributed by atoms with Crippen LogP contribution in [-0.2, 0) is 0 Å². The van der Waals surface area contributed by atoms with Crippen molar-refractivity contribution in [1.82, 2.24) is 9.80 Å². The molecule has 2 N–H and O–H groups in total. The molecule has 112 valence electrons. The van der Waals surface area contributed by atoms with Gasteiger partial charge in [-0.05, 0) is 64.5 Å². The van der Waals surface area contributed by atoms with E-state index < -0.39 is 0 Å². The number of benzene rings is 1. The summed E-state index contributed by atoms with van der Waals surface area (Å²) in [5.41, 5.74) is 7.53. The molecule has 1 aromatic rings. The number of piperidine rings is 1. The van der Waals surface area contributed by atoms with Gasteiger partial charge in [0.1, 0.15) is 0 Å². The van der Waals surface area contributed by atoms with Gasteiger partial charge in [-0.3, -0.25) is 0 Å². The van der Waals surface area contributed by atoms with Gasteiger partial charge in [0.15, 0.2) is 0 Å². The molecule has 0 amide bonds. The Hall–Kier alpha value is -0.900. The van der Waals surface area contributed by atoms with Gasteiger partial charge < -0.3 is 15.5 Å². The second-order valence-corrected chi connectivity index (χ2v) is 6.35. The Morgan fingerprint density at radius 2 is 1.85 bits per heavy atom. The first kappa shape index (κ1) is 15.5. The Morgan fingerprint density at radius 1 is 1.20 bits per heavy atom. The molecule has 1 unspecified atom stereocenters. The van der Waals surface area contributed by atoms with Crippen LogP contribution in [0.1, 0.15) is 30.9 Å². The fraction of sp³-hybridized carbons (Fsp3) is 0.647. The predicted molar refractivity (Wildman–Crippen MR) is 85.7 cm³/mol. The summed E-state index contributed by atoms with van der Waals surface area (Å²) < 4.78 is 0. The fourth-order valence-corrected chi connectivity index (χ4v) is 3.10. The van der Waals surface area contributed by atoms with E-state index in [0.717, 1.165) is 18.9 Å². The average Bonchev–Trinajstić information content (AvgIpc) is 2.46. The number of rotatable bonds is 6. The maximum absolute atomic E-state index is 6.27. The molecule has 0 bridgehead atoms. The van der Waals surface area contributed by atoms with Crippen molar-refractivity contribution >= 4 is 0 Å². The van der Waals surface area contributed by atoms with Crippen LogP contribution in [0.5, 0.6) is 0 Å². The molecule has 1 aliphatic rings. The summed E-state index contributed by atoms with van der Waals surface area (Å²) in [5.74, 6) is 0.879. The van der Waals surface area contributed by atoms with Crippen molar-refractivity contribution in [2.24, 2.45) is 11.7 Å². The van der Waals surface area contributed by atoms with Crippen LogP contribution in [0.15, 0.2) is 30.3 Å². The largest absolute Gasteiger partial charge is 0.324 e. The third-order valence-electron chi connectivity index (χ3n) is 4.31. The van der Waals surface area contributed by atoms with Gasteiger partial charge in [0.2, 0.25) is 0 Å². The first-order valence-corrected chi connectivity index (χ1v) is 7.83. The van der Waals surface area contributed by atoms with Gasteiger partial charge in [-0.25, -0.2) is 0 Å². The van der Waals surface area contributed by atoms with E-state index in [9.17, 15) is 0 Å². The minimum Gasteiger partial charge on any atom is -0.324 e. The molecule has 0 radical (unpaired) electrons. The van der Waals surface area contributed by atoms with E-state index in [1.807, 2.05) is 6.07 Å². The third kappa shape index (κ3) is 4.89. The first-order valence-electron chi connectivity index (χ1n) is 7.83. The predicted octanol–water partition coefficient (Wildman–Crippen LogP) is 2.35. The van der Waals surface area contributed by atoms with Crippen molar-refractivity contribution in [1.29, 1.82) is 0 Å². The molecule has 1 saturated heterocycles. The van der Waals surface area contributed by atoms with Gasteiger partial charge >= 0.3 is 0 Å². The van der Waals surface area contributed by atoms with Crippen LogP contribution in [0.4, 0.5) is 0 Å². The number of hydrogen-bond donors (Lipinski definition) is 1. The summed E-state index contributed by atoms with van der Waals surface area (Å²) in [7, 11) is 4.34. The standard InChI is InChI=1S/C17H29N3/c1-19(2)14-15-8-11-20(12-9-15)13-10-17(18)16-6-4-3-5-7-16/h3-7,15,17H,8-14,18H2,1-2H3. The first-order chi connectivity index (χ1) is 9.65. The van der Waals surface area contributed by atoms with Gasteiger partial charge in [-0.1, -0.05) is 30.3 Å². The molecule has 3 nitrogen and oxygen atoms in total. The Kier molecular flexibility index (Phi) is 6.02. The summed E-state index contributed by atoms with van der Waals surface area (Å²) in [5, 5.41) is 0. The third-order valence-corrected chi connectivity index (χ3v) is 4.31. The minimum atomic E-state index is 0.177. The zero-order valence-electron chi connectivity index (χ0n) is 13.0. The molecule has 0 aromatic heterocycles. The zero-order chi connectivity index (χ0) is 14.4. The second kappa shape index (κ2) is 7.77. The highest BCUT2D eigenvalue weighted by atomic mass is 15.1. The second-order valence-electron chi connectivity index (χ2n) is 6.35. The lowest BCUT2D eigenvalue weighted by atomic mass is 9.96. The SMILES string of the molecule is CN(C)CC1CCN(CCC(N)c2ccccc2)CC1. The van der Waals surface area contributed by atoms with Gasteiger partial charge in [0.25, 0.3) is 0 Å². The van der Waals surface area contributed by atoms with Gasteiger partial charge in [-0.2, -0.15) is 0 Å². The van der Waals surface area contributed by atoms with Crippen LogP contribution in [0.3, 0.4) is 0 Å². The van der Waals surface area contributed by atoms with Crippen LogP contribution in [0, 0.1) is 5.92 Å². The van der Waals surface area contributed by atoms with E-state index in [1.54, 1.807) is 0 Å². The van der Waals surface area contributed by atoms with Crippen molar-refractivity contribution in [3.8, 4) is 0 Å². The number of likely N-dealkylation sites (tertiary alicyclic amines) is 1. The van der Waals surface area contributed by atoms with E-state index in [1.165, 1.54) is 38.0 Å². The monoisotopic (exact) mass is 275 g/mol. The van der Waals surface area contributed by atoms with Crippen LogP contribution >= 0.6 is 0 Å². The van der Waals surface area contributed by atoms with Crippen molar-refractivity contribution in [3.63, 3.8) is 0 Å². The number of nitrogens with two attached hydrogens (primary N) is 1. The summed E-state index contributed by atoms with van der Waals surface area (Å²) in [4.78, 5) is 4.89. The van der Waals surface area contributed by atoms with Crippen molar-refractivity contribution in [2.45, 2.75) is 25.3 Å². The quantitative estimate of drug-likeness (QED) is 0.865. The Labute approximate surface area is 123 Å². The van der Waals surface area contributed by atoms with Crippen LogP contribution < -0.4 is 5.73 Å². The average molecular weight is 275 g/mol. The lowest BCUT2D eigenvalue weighted by Gasteiger charge is -2.33. The van der Waals surface area contributed by atoms with Gasteiger partial charge in [-0.15, -0.1) is 0 Å². The summed E-state index contributed by atoms with van der Waals surface area (Å²) in [6.45, 7) is 4.84. The Balaban J connectivity index is 1.68. The number of nitrogens with zero attached hydrogens (tertiary/aromatic N) is 2. The highest BCUT2D eigenvalue weighted by Crippen LogP contribution is 2.20. The summed E-state index contributed by atoms with van der Waals surface area (Å²) >= 11 is 0. The molecule has 0 saturated carbocycles. The van der Waals surface area contributed by atoms with Crippen LogP contribution in [0.25, 0.3) is 0 Å². The molecule has 3 heteroatoms. The van der Waals surface area contributed by atoms with Crippen LogP contribution in [-0.4, -0.2) is 50.1 Å². The summed E-state index contributed by atoms with van der Waals surface area (Å²) in [6.07, 6.45) is 3.72. The van der Waals surface area contributed by atoms with Gasteiger partial charge in [0.05, 0.1) is 0 Å². The molecule has 1 aliphatic heterocycles. The zero-order valence-corrected chi connectivity index (χ0v) is 13.0. The van der Waals surface area contributed by atoms with Crippen molar-refractivity contribution in [2.75, 3.05) is 40.3 Å². The maximum Gasteiger partial charge on any atom is 0.0307 e. The molecule has 1 atom stereocenters. The molecular formula is C17H29N3. The molecule has 0 spiro atoms. The molecule has 2 rings (SSSR count). The highest BCUT2D eigenvalue weighted by Gasteiger charge is 2.19.